The third-order valence-electron chi connectivity index (χ3n) is 2.53. The first-order valence-corrected chi connectivity index (χ1v) is 4.59. The van der Waals surface area contributed by atoms with Crippen molar-refractivity contribution < 1.29 is 4.84 Å². The third kappa shape index (κ3) is 1.41. The molecule has 1 aromatic heterocycles. The van der Waals surface area contributed by atoms with Crippen molar-refractivity contribution in [2.24, 2.45) is 12.9 Å². The molecule has 0 radical (unpaired) electrons. The van der Waals surface area contributed by atoms with E-state index in [0.29, 0.717) is 6.61 Å². The molecule has 0 atom stereocenters. The van der Waals surface area contributed by atoms with Crippen LogP contribution in [0.2, 0.25) is 0 Å². The van der Waals surface area contributed by atoms with Gasteiger partial charge in [0.05, 0.1) is 0 Å². The minimum absolute atomic E-state index is 0.449. The van der Waals surface area contributed by atoms with Crippen LogP contribution >= 0.6 is 0 Å². The van der Waals surface area contributed by atoms with Crippen LogP contribution < -0.4 is 5.90 Å². The Balaban J connectivity index is 2.62. The molecule has 1 aromatic carbocycles. The standard InChI is InChI=1S/C11H14N2O/c1-8-3-4-9-6-10(7-14-12)13(2)11(9)5-8/h3-6H,7,12H2,1-2H3. The summed E-state index contributed by atoms with van der Waals surface area (Å²) >= 11 is 0. The van der Waals surface area contributed by atoms with Crippen molar-refractivity contribution in [1.82, 2.24) is 4.57 Å². The van der Waals surface area contributed by atoms with Crippen LogP contribution in [0, 0.1) is 6.92 Å². The Labute approximate surface area is 83.0 Å². The van der Waals surface area contributed by atoms with E-state index in [-0.39, 0.29) is 0 Å². The normalized spacial score (nSPS) is 11.1. The number of hydrogen-bond acceptors (Lipinski definition) is 2. The molecule has 1 heterocycles. The zero-order valence-corrected chi connectivity index (χ0v) is 8.45. The van der Waals surface area contributed by atoms with Crippen molar-refractivity contribution in [3.8, 4) is 0 Å². The van der Waals surface area contributed by atoms with E-state index in [9.17, 15) is 0 Å². The summed E-state index contributed by atoms with van der Waals surface area (Å²) in [5.41, 5.74) is 3.57. The van der Waals surface area contributed by atoms with Gasteiger partial charge in [-0.1, -0.05) is 12.1 Å². The number of rotatable bonds is 2. The minimum Gasteiger partial charge on any atom is -0.345 e. The maximum Gasteiger partial charge on any atom is 0.108 e. The van der Waals surface area contributed by atoms with E-state index in [1.54, 1.807) is 0 Å². The highest BCUT2D eigenvalue weighted by molar-refractivity contribution is 5.81. The molecule has 0 saturated heterocycles. The SMILES string of the molecule is Cc1ccc2cc(CON)n(C)c2c1. The van der Waals surface area contributed by atoms with E-state index in [0.717, 1.165) is 5.69 Å². The highest BCUT2D eigenvalue weighted by Crippen LogP contribution is 2.20. The van der Waals surface area contributed by atoms with Gasteiger partial charge in [-0.25, -0.2) is 5.90 Å². The Kier molecular flexibility index (Phi) is 2.27. The van der Waals surface area contributed by atoms with E-state index in [2.05, 4.69) is 40.6 Å². The van der Waals surface area contributed by atoms with Gasteiger partial charge in [0.25, 0.3) is 0 Å². The van der Waals surface area contributed by atoms with Crippen LogP contribution in [0.4, 0.5) is 0 Å². The summed E-state index contributed by atoms with van der Waals surface area (Å²) in [6.07, 6.45) is 0. The lowest BCUT2D eigenvalue weighted by Gasteiger charge is -2.02. The van der Waals surface area contributed by atoms with Crippen molar-refractivity contribution in [2.45, 2.75) is 13.5 Å². The average molecular weight is 190 g/mol. The minimum atomic E-state index is 0.449. The van der Waals surface area contributed by atoms with Crippen LogP contribution in [0.5, 0.6) is 0 Å². The van der Waals surface area contributed by atoms with Crippen LogP contribution in [-0.4, -0.2) is 4.57 Å². The van der Waals surface area contributed by atoms with Crippen LogP contribution in [0.15, 0.2) is 24.3 Å². The van der Waals surface area contributed by atoms with Gasteiger partial charge in [0.1, 0.15) is 6.61 Å². The van der Waals surface area contributed by atoms with Crippen LogP contribution in [-0.2, 0) is 18.5 Å². The lowest BCUT2D eigenvalue weighted by Crippen LogP contribution is -2.03. The molecule has 0 amide bonds. The van der Waals surface area contributed by atoms with Gasteiger partial charge in [-0.2, -0.15) is 0 Å². The summed E-state index contributed by atoms with van der Waals surface area (Å²) < 4.78 is 2.11. The summed E-state index contributed by atoms with van der Waals surface area (Å²) in [5.74, 6) is 5.07. The lowest BCUT2D eigenvalue weighted by molar-refractivity contribution is 0.119. The largest absolute Gasteiger partial charge is 0.345 e. The smallest absolute Gasteiger partial charge is 0.108 e. The molecule has 0 fully saturated rings. The zero-order valence-electron chi connectivity index (χ0n) is 8.45. The van der Waals surface area contributed by atoms with Crippen LogP contribution in [0.1, 0.15) is 11.3 Å². The fourth-order valence-corrected chi connectivity index (χ4v) is 1.72. The Morgan fingerprint density at radius 1 is 1.36 bits per heavy atom. The molecule has 2 N–H and O–H groups in total. The van der Waals surface area contributed by atoms with Crippen molar-refractivity contribution in [3.63, 3.8) is 0 Å². The highest BCUT2D eigenvalue weighted by Gasteiger charge is 2.04. The molecular formula is C11H14N2O. The first kappa shape index (κ1) is 9.24. The van der Waals surface area contributed by atoms with Gasteiger partial charge in [0, 0.05) is 18.3 Å². The van der Waals surface area contributed by atoms with Crippen molar-refractivity contribution in [3.05, 3.63) is 35.5 Å². The molecule has 0 unspecified atom stereocenters. The molecule has 0 aliphatic heterocycles. The van der Waals surface area contributed by atoms with E-state index in [4.69, 9.17) is 5.90 Å². The first-order valence-electron chi connectivity index (χ1n) is 4.59. The van der Waals surface area contributed by atoms with Gasteiger partial charge in [-0.3, -0.25) is 4.84 Å². The Morgan fingerprint density at radius 2 is 2.14 bits per heavy atom. The van der Waals surface area contributed by atoms with Crippen molar-refractivity contribution in [1.29, 1.82) is 0 Å². The van der Waals surface area contributed by atoms with E-state index >= 15 is 0 Å². The maximum absolute atomic E-state index is 5.07. The first-order chi connectivity index (χ1) is 6.72. The molecule has 0 spiro atoms. The predicted molar refractivity (Wildman–Crippen MR) is 56.6 cm³/mol. The fourth-order valence-electron chi connectivity index (χ4n) is 1.72. The molecule has 0 saturated carbocycles. The van der Waals surface area contributed by atoms with Crippen LogP contribution in [0.3, 0.4) is 0 Å². The molecule has 2 rings (SSSR count). The number of nitrogens with zero attached hydrogens (tertiary/aromatic N) is 1. The number of aromatic nitrogens is 1. The average Bonchev–Trinajstić information content (AvgIpc) is 2.46. The Morgan fingerprint density at radius 3 is 2.86 bits per heavy atom. The summed E-state index contributed by atoms with van der Waals surface area (Å²) in [6, 6.07) is 8.48. The predicted octanol–water partition coefficient (Wildman–Crippen LogP) is 1.88. The summed E-state index contributed by atoms with van der Waals surface area (Å²) in [4.78, 5) is 4.65. The van der Waals surface area contributed by atoms with Crippen molar-refractivity contribution >= 4 is 10.9 Å². The highest BCUT2D eigenvalue weighted by atomic mass is 16.6. The molecule has 14 heavy (non-hydrogen) atoms. The third-order valence-corrected chi connectivity index (χ3v) is 2.53. The molecule has 3 nitrogen and oxygen atoms in total. The number of nitrogens with two attached hydrogens (primary N) is 1. The van der Waals surface area contributed by atoms with Crippen molar-refractivity contribution in [2.75, 3.05) is 0 Å². The molecule has 2 aromatic rings. The van der Waals surface area contributed by atoms with E-state index in [1.165, 1.54) is 16.5 Å². The number of hydrogen-bond donors (Lipinski definition) is 1. The topological polar surface area (TPSA) is 40.2 Å². The van der Waals surface area contributed by atoms with Gasteiger partial charge in [0.15, 0.2) is 0 Å². The monoisotopic (exact) mass is 190 g/mol. The zero-order chi connectivity index (χ0) is 10.1. The second-order valence-electron chi connectivity index (χ2n) is 3.57. The molecule has 0 aliphatic rings. The van der Waals surface area contributed by atoms with E-state index < -0.39 is 0 Å². The van der Waals surface area contributed by atoms with Crippen LogP contribution in [0.25, 0.3) is 10.9 Å². The lowest BCUT2D eigenvalue weighted by atomic mass is 10.2. The van der Waals surface area contributed by atoms with Gasteiger partial charge in [0.2, 0.25) is 0 Å². The fraction of sp³-hybridized carbons (Fsp3) is 0.273. The summed E-state index contributed by atoms with van der Waals surface area (Å²) in [6.45, 7) is 2.54. The van der Waals surface area contributed by atoms with Gasteiger partial charge < -0.3 is 4.57 Å². The molecular weight excluding hydrogens is 176 g/mol. The molecule has 74 valence electrons. The second-order valence-corrected chi connectivity index (χ2v) is 3.57. The summed E-state index contributed by atoms with van der Waals surface area (Å²) in [5, 5.41) is 1.23. The quantitative estimate of drug-likeness (QED) is 0.734. The number of fused-ring (bicyclic) bond motifs is 1. The maximum atomic E-state index is 5.07. The van der Waals surface area contributed by atoms with Gasteiger partial charge in [-0.15, -0.1) is 0 Å². The molecule has 0 bridgehead atoms. The molecule has 0 aliphatic carbocycles. The van der Waals surface area contributed by atoms with Gasteiger partial charge in [-0.05, 0) is 30.0 Å². The number of aryl methyl sites for hydroxylation is 2. The van der Waals surface area contributed by atoms with Gasteiger partial charge >= 0.3 is 0 Å². The number of benzene rings is 1. The molecule has 3 heteroatoms. The second kappa shape index (κ2) is 3.44. The Bertz CT molecular complexity index is 460. The summed E-state index contributed by atoms with van der Waals surface area (Å²) in [7, 11) is 2.02. The Hall–Kier alpha value is -1.32. The van der Waals surface area contributed by atoms with E-state index in [1.807, 2.05) is 7.05 Å².